The number of fused-ring (bicyclic) bond motifs is 3. The van der Waals surface area contributed by atoms with E-state index in [0.717, 1.165) is 27.5 Å². The minimum Gasteiger partial charge on any atom is -0.465 e. The van der Waals surface area contributed by atoms with Crippen LogP contribution in [0.3, 0.4) is 0 Å². The van der Waals surface area contributed by atoms with E-state index < -0.39 is 11.6 Å². The van der Waals surface area contributed by atoms with E-state index in [1.807, 2.05) is 60.7 Å². The van der Waals surface area contributed by atoms with E-state index in [0.29, 0.717) is 34.1 Å². The van der Waals surface area contributed by atoms with E-state index in [1.165, 1.54) is 11.2 Å². The van der Waals surface area contributed by atoms with Crippen molar-refractivity contribution in [2.45, 2.75) is 26.3 Å². The predicted octanol–water partition coefficient (Wildman–Crippen LogP) is 8.32. The molecular weight excluding hydrogens is 542 g/mol. The number of aromatic nitrogens is 2. The Bertz CT molecular complexity index is 1990. The Morgan fingerprint density at radius 2 is 1.56 bits per heavy atom. The molecule has 43 heavy (non-hydrogen) atoms. The molecule has 4 aromatic carbocycles. The van der Waals surface area contributed by atoms with Gasteiger partial charge in [0.05, 0.1) is 5.69 Å². The van der Waals surface area contributed by atoms with Gasteiger partial charge in [-0.3, -0.25) is 9.69 Å². The van der Waals surface area contributed by atoms with E-state index in [-0.39, 0.29) is 5.91 Å². The molecule has 2 amide bonds. The van der Waals surface area contributed by atoms with Gasteiger partial charge >= 0.3 is 6.09 Å². The van der Waals surface area contributed by atoms with Gasteiger partial charge < -0.3 is 20.2 Å². The Kier molecular flexibility index (Phi) is 6.99. The lowest BCUT2D eigenvalue weighted by Gasteiger charge is -2.33. The minimum absolute atomic E-state index is 0.339. The summed E-state index contributed by atoms with van der Waals surface area (Å²) in [6.07, 6.45) is 0.404. The first-order valence-electron chi connectivity index (χ1n) is 13.7. The van der Waals surface area contributed by atoms with Gasteiger partial charge in [0.25, 0.3) is 5.91 Å². The zero-order valence-corrected chi connectivity index (χ0v) is 23.8. The number of hydrogen-bond donors (Lipinski definition) is 3. The second kappa shape index (κ2) is 10.9. The number of nitrogens with one attached hydrogen (secondary N) is 2. The molecule has 3 N–H and O–H groups in total. The van der Waals surface area contributed by atoms with E-state index >= 15 is 0 Å². The summed E-state index contributed by atoms with van der Waals surface area (Å²) < 4.78 is 6.18. The van der Waals surface area contributed by atoms with Gasteiger partial charge in [-0.05, 0) is 69.3 Å². The fraction of sp³-hybridized carbons (Fsp3) is 0.118. The standard InChI is InChI=1S/C34H29N5O4/c1-34(2,3)39(33(41)42)24-12-6-9-21(17-24)32(40)38-23-11-7-10-22(18-23)37-30-19-28(35-20-36-30)27-15-8-14-26-25-13-4-5-16-29(25)43-31(26)27/h4-20H,1-3H3,(H,38,40)(H,41,42)(H,35,36,37). The summed E-state index contributed by atoms with van der Waals surface area (Å²) in [7, 11) is 0. The van der Waals surface area contributed by atoms with Crippen LogP contribution in [0.1, 0.15) is 31.1 Å². The number of rotatable bonds is 6. The van der Waals surface area contributed by atoms with Gasteiger partial charge in [0.15, 0.2) is 0 Å². The van der Waals surface area contributed by atoms with Gasteiger partial charge in [0.2, 0.25) is 0 Å². The van der Waals surface area contributed by atoms with Crippen LogP contribution in [0.4, 0.5) is 27.7 Å². The zero-order chi connectivity index (χ0) is 30.1. The molecule has 0 aliphatic rings. The third kappa shape index (κ3) is 5.60. The Hall–Kier alpha value is -5.70. The number of furan rings is 1. The smallest absolute Gasteiger partial charge is 0.412 e. The highest BCUT2D eigenvalue weighted by Crippen LogP contribution is 2.35. The maximum atomic E-state index is 13.1. The number of amides is 2. The van der Waals surface area contributed by atoms with Crippen molar-refractivity contribution < 1.29 is 19.1 Å². The monoisotopic (exact) mass is 571 g/mol. The number of benzene rings is 4. The summed E-state index contributed by atoms with van der Waals surface area (Å²) in [6.45, 7) is 5.39. The molecule has 2 aromatic heterocycles. The average molecular weight is 572 g/mol. The van der Waals surface area contributed by atoms with Crippen LogP contribution in [0.5, 0.6) is 0 Å². The molecule has 6 aromatic rings. The molecule has 6 rings (SSSR count). The number of nitrogens with zero attached hydrogens (tertiary/aromatic N) is 3. The van der Waals surface area contributed by atoms with Crippen LogP contribution in [0.25, 0.3) is 33.2 Å². The Morgan fingerprint density at radius 1 is 0.814 bits per heavy atom. The maximum Gasteiger partial charge on any atom is 0.412 e. The van der Waals surface area contributed by atoms with Gasteiger partial charge in [-0.2, -0.15) is 0 Å². The number of carbonyl (C=O) groups is 2. The number of carboxylic acid groups (broad SMARTS) is 1. The highest BCUT2D eigenvalue weighted by Gasteiger charge is 2.28. The molecular formula is C34H29N5O4. The second-order valence-corrected chi connectivity index (χ2v) is 11.1. The summed E-state index contributed by atoms with van der Waals surface area (Å²) in [5, 5.41) is 18.0. The molecule has 0 aliphatic carbocycles. The van der Waals surface area contributed by atoms with Crippen LogP contribution in [-0.2, 0) is 0 Å². The molecule has 0 unspecified atom stereocenters. The molecule has 0 atom stereocenters. The quantitative estimate of drug-likeness (QED) is 0.184. The van der Waals surface area contributed by atoms with Crippen molar-refractivity contribution in [3.63, 3.8) is 0 Å². The summed E-state index contributed by atoms with van der Waals surface area (Å²) >= 11 is 0. The molecule has 0 radical (unpaired) electrons. The van der Waals surface area contributed by atoms with Gasteiger partial charge in [0, 0.05) is 50.6 Å². The summed E-state index contributed by atoms with van der Waals surface area (Å²) in [5.41, 5.74) is 4.49. The minimum atomic E-state index is -1.09. The van der Waals surface area contributed by atoms with Crippen LogP contribution in [0, 0.1) is 0 Å². The van der Waals surface area contributed by atoms with Gasteiger partial charge in [-0.15, -0.1) is 0 Å². The van der Waals surface area contributed by atoms with Crippen molar-refractivity contribution in [1.29, 1.82) is 0 Å². The Balaban J connectivity index is 1.22. The molecule has 0 spiro atoms. The zero-order valence-electron chi connectivity index (χ0n) is 23.8. The van der Waals surface area contributed by atoms with Crippen molar-refractivity contribution in [2.24, 2.45) is 0 Å². The van der Waals surface area contributed by atoms with Crippen molar-refractivity contribution in [2.75, 3.05) is 15.5 Å². The van der Waals surface area contributed by atoms with Gasteiger partial charge in [-0.1, -0.05) is 42.5 Å². The molecule has 0 fully saturated rings. The average Bonchev–Trinajstić information content (AvgIpc) is 3.36. The van der Waals surface area contributed by atoms with Crippen LogP contribution in [0.2, 0.25) is 0 Å². The predicted molar refractivity (Wildman–Crippen MR) is 169 cm³/mol. The first kappa shape index (κ1) is 27.5. The normalized spacial score (nSPS) is 11.4. The maximum absolute atomic E-state index is 13.1. The second-order valence-electron chi connectivity index (χ2n) is 11.1. The Labute approximate surface area is 247 Å². The van der Waals surface area contributed by atoms with Crippen molar-refractivity contribution >= 4 is 56.8 Å². The van der Waals surface area contributed by atoms with Crippen LogP contribution >= 0.6 is 0 Å². The Morgan fingerprint density at radius 3 is 2.37 bits per heavy atom. The van der Waals surface area contributed by atoms with Crippen LogP contribution in [-0.4, -0.2) is 32.6 Å². The number of hydrogen-bond acceptors (Lipinski definition) is 6. The molecule has 214 valence electrons. The topological polar surface area (TPSA) is 121 Å². The number of para-hydroxylation sites is 2. The van der Waals surface area contributed by atoms with Gasteiger partial charge in [-0.25, -0.2) is 14.8 Å². The fourth-order valence-corrected chi connectivity index (χ4v) is 5.12. The SMILES string of the molecule is CC(C)(C)N(C(=O)O)c1cccc(C(=O)Nc2cccc(Nc3cc(-c4cccc5c4oc4ccccc45)ncn3)c2)c1. The molecule has 9 heteroatoms. The van der Waals surface area contributed by atoms with E-state index in [2.05, 4.69) is 20.6 Å². The molecule has 0 bridgehead atoms. The summed E-state index contributed by atoms with van der Waals surface area (Å²) in [6, 6.07) is 29.6. The largest absolute Gasteiger partial charge is 0.465 e. The highest BCUT2D eigenvalue weighted by molar-refractivity contribution is 6.09. The third-order valence-corrected chi connectivity index (χ3v) is 6.97. The third-order valence-electron chi connectivity index (χ3n) is 6.97. The van der Waals surface area contributed by atoms with Crippen molar-refractivity contribution in [3.8, 4) is 11.3 Å². The number of anilines is 4. The van der Waals surface area contributed by atoms with E-state index in [9.17, 15) is 14.7 Å². The van der Waals surface area contributed by atoms with Crippen molar-refractivity contribution in [3.05, 3.63) is 109 Å². The first-order chi connectivity index (χ1) is 20.7. The van der Waals surface area contributed by atoms with Crippen LogP contribution in [0.15, 0.2) is 108 Å². The molecule has 0 saturated heterocycles. The summed E-state index contributed by atoms with van der Waals surface area (Å²) in [5.74, 6) is 0.215. The van der Waals surface area contributed by atoms with Crippen molar-refractivity contribution in [1.82, 2.24) is 9.97 Å². The van der Waals surface area contributed by atoms with Crippen LogP contribution < -0.4 is 15.5 Å². The first-order valence-corrected chi connectivity index (χ1v) is 13.7. The molecule has 9 nitrogen and oxygen atoms in total. The highest BCUT2D eigenvalue weighted by atomic mass is 16.4. The molecule has 2 heterocycles. The molecule has 0 aliphatic heterocycles. The lowest BCUT2D eigenvalue weighted by molar-refractivity contribution is 0.102. The molecule has 0 saturated carbocycles. The lowest BCUT2D eigenvalue weighted by atomic mass is 10.0. The van der Waals surface area contributed by atoms with Gasteiger partial charge in [0.1, 0.15) is 23.3 Å². The van der Waals surface area contributed by atoms with E-state index in [1.54, 1.807) is 57.2 Å². The van der Waals surface area contributed by atoms with E-state index in [4.69, 9.17) is 4.42 Å². The summed E-state index contributed by atoms with van der Waals surface area (Å²) in [4.78, 5) is 35.2. The lowest BCUT2D eigenvalue weighted by Crippen LogP contribution is -2.45. The number of carbonyl (C=O) groups excluding carboxylic acids is 1. The fourth-order valence-electron chi connectivity index (χ4n) is 5.12.